The van der Waals surface area contributed by atoms with E-state index in [1.807, 2.05) is 48.6 Å². The molecule has 0 bridgehead atoms. The van der Waals surface area contributed by atoms with Crippen molar-refractivity contribution in [2.24, 2.45) is 7.05 Å². The maximum atomic E-state index is 13.4. The Kier molecular flexibility index (Phi) is 8.67. The summed E-state index contributed by atoms with van der Waals surface area (Å²) in [6, 6.07) is 7.68. The van der Waals surface area contributed by atoms with E-state index in [-0.39, 0.29) is 5.91 Å². The zero-order chi connectivity index (χ0) is 32.6. The van der Waals surface area contributed by atoms with Gasteiger partial charge in [-0.05, 0) is 47.5 Å². The van der Waals surface area contributed by atoms with Crippen LogP contribution in [-0.2, 0) is 16.4 Å². The van der Waals surface area contributed by atoms with Crippen LogP contribution in [0.3, 0.4) is 0 Å². The molecule has 1 aliphatic rings. The minimum absolute atomic E-state index is 0.0801. The number of nitrogens with zero attached hydrogens (tertiary/aromatic N) is 8. The van der Waals surface area contributed by atoms with Gasteiger partial charge < -0.3 is 29.7 Å². The molecule has 1 fully saturated rings. The van der Waals surface area contributed by atoms with Gasteiger partial charge >= 0.3 is 0 Å². The highest BCUT2D eigenvalue weighted by Gasteiger charge is 2.25. The monoisotopic (exact) mass is 704 g/mol. The van der Waals surface area contributed by atoms with Crippen LogP contribution in [0.2, 0.25) is 0 Å². The van der Waals surface area contributed by atoms with E-state index in [0.29, 0.717) is 75.9 Å². The molecule has 0 radical (unpaired) electrons. The molecule has 1 amide bonds. The third kappa shape index (κ3) is 6.40. The zero-order valence-electron chi connectivity index (χ0n) is 26.2. The van der Waals surface area contributed by atoms with Crippen molar-refractivity contribution in [2.75, 3.05) is 62.2 Å². The largest absolute Gasteiger partial charge is 0.494 e. The number of amides is 1. The lowest BCUT2D eigenvalue weighted by atomic mass is 10.0. The summed E-state index contributed by atoms with van der Waals surface area (Å²) in [6.07, 6.45) is 8.64. The number of aryl methyl sites for hydroxylation is 1. The average Bonchev–Trinajstić information content (AvgIpc) is 3.47. The van der Waals surface area contributed by atoms with E-state index >= 15 is 0 Å². The van der Waals surface area contributed by atoms with Gasteiger partial charge in [-0.3, -0.25) is 19.4 Å². The van der Waals surface area contributed by atoms with Crippen molar-refractivity contribution in [3.05, 3.63) is 59.7 Å². The number of nitrogens with one attached hydrogen (secondary N) is 2. The van der Waals surface area contributed by atoms with E-state index in [4.69, 9.17) is 9.72 Å². The molecule has 238 valence electrons. The smallest absolute Gasteiger partial charge is 0.229 e. The Hall–Kier alpha value is -4.55. The number of rotatable bonds is 8. The topological polar surface area (TPSA) is 143 Å². The standard InChI is InChI=1S/C31H34BrN10O3P/c1-19(43)41-10-12-42(13-11-41)26-15-27(45-3)25(14-21(26)20-16-36-40(2)18-20)38-31-35-17-22(32)30(39-31)37-24-7-6-23-28(34-9-8-33-23)29(24)46(4,5)44/h6-9,14-18H,10-13H2,1-5H3,(H2,35,37,38,39). The van der Waals surface area contributed by atoms with Gasteiger partial charge in [-0.15, -0.1) is 0 Å². The predicted molar refractivity (Wildman–Crippen MR) is 185 cm³/mol. The van der Waals surface area contributed by atoms with Gasteiger partial charge in [-0.25, -0.2) is 4.98 Å². The molecule has 0 spiro atoms. The van der Waals surface area contributed by atoms with Crippen molar-refractivity contribution in [2.45, 2.75) is 6.92 Å². The van der Waals surface area contributed by atoms with Crippen molar-refractivity contribution >= 4 is 74.1 Å². The third-order valence-corrected chi connectivity index (χ3v) is 9.91. The van der Waals surface area contributed by atoms with Gasteiger partial charge in [-0.1, -0.05) is 0 Å². The van der Waals surface area contributed by atoms with Gasteiger partial charge in [0.05, 0.1) is 40.0 Å². The molecule has 0 aliphatic carbocycles. The highest BCUT2D eigenvalue weighted by atomic mass is 79.9. The first-order valence-corrected chi connectivity index (χ1v) is 18.0. The van der Waals surface area contributed by atoms with Gasteiger partial charge in [0.1, 0.15) is 24.2 Å². The van der Waals surface area contributed by atoms with Crippen molar-refractivity contribution < 1.29 is 14.1 Å². The fourth-order valence-electron chi connectivity index (χ4n) is 5.58. The maximum absolute atomic E-state index is 13.4. The number of anilines is 5. The fourth-order valence-corrected chi connectivity index (χ4v) is 7.27. The number of halogens is 1. The summed E-state index contributed by atoms with van der Waals surface area (Å²) < 4.78 is 21.7. The number of carbonyl (C=O) groups excluding carboxylic acids is 1. The number of fused-ring (bicyclic) bond motifs is 1. The summed E-state index contributed by atoms with van der Waals surface area (Å²) in [6.45, 7) is 7.70. The Labute approximate surface area is 274 Å². The lowest BCUT2D eigenvalue weighted by Gasteiger charge is -2.36. The molecule has 46 heavy (non-hydrogen) atoms. The number of ether oxygens (including phenoxy) is 1. The normalized spacial score (nSPS) is 13.6. The molecule has 3 aromatic heterocycles. The van der Waals surface area contributed by atoms with Gasteiger partial charge in [0.2, 0.25) is 11.9 Å². The van der Waals surface area contributed by atoms with Crippen LogP contribution in [0.5, 0.6) is 5.75 Å². The fraction of sp³-hybridized carbons (Fsp3) is 0.290. The molecule has 6 rings (SSSR count). The van der Waals surface area contributed by atoms with Gasteiger partial charge in [-0.2, -0.15) is 10.1 Å². The van der Waals surface area contributed by atoms with Crippen LogP contribution in [0, 0.1) is 0 Å². The molecule has 1 aliphatic heterocycles. The third-order valence-electron chi connectivity index (χ3n) is 7.80. The quantitative estimate of drug-likeness (QED) is 0.211. The molecular weight excluding hydrogens is 671 g/mol. The maximum Gasteiger partial charge on any atom is 0.229 e. The number of carbonyl (C=O) groups is 1. The highest BCUT2D eigenvalue weighted by molar-refractivity contribution is 9.10. The highest BCUT2D eigenvalue weighted by Crippen LogP contribution is 2.42. The lowest BCUT2D eigenvalue weighted by molar-refractivity contribution is -0.129. The molecule has 5 aromatic rings. The zero-order valence-corrected chi connectivity index (χ0v) is 28.6. The number of benzene rings is 2. The Morgan fingerprint density at radius 3 is 2.43 bits per heavy atom. The van der Waals surface area contributed by atoms with Gasteiger partial charge in [0.15, 0.2) is 0 Å². The van der Waals surface area contributed by atoms with E-state index in [2.05, 4.69) is 51.5 Å². The van der Waals surface area contributed by atoms with Crippen molar-refractivity contribution in [1.82, 2.24) is 34.6 Å². The first-order valence-electron chi connectivity index (χ1n) is 14.6. The lowest BCUT2D eigenvalue weighted by Crippen LogP contribution is -2.48. The molecule has 15 heteroatoms. The number of hydrogen-bond acceptors (Lipinski definition) is 11. The molecular formula is C31H34BrN10O3P. The van der Waals surface area contributed by atoms with E-state index in [0.717, 1.165) is 16.8 Å². The molecule has 4 heterocycles. The van der Waals surface area contributed by atoms with Crippen LogP contribution in [0.4, 0.5) is 28.8 Å². The molecule has 2 N–H and O–H groups in total. The molecule has 0 unspecified atom stereocenters. The van der Waals surface area contributed by atoms with E-state index < -0.39 is 7.14 Å². The van der Waals surface area contributed by atoms with Crippen molar-refractivity contribution in [3.8, 4) is 16.9 Å². The van der Waals surface area contributed by atoms with Crippen LogP contribution in [0.1, 0.15) is 6.92 Å². The second-order valence-electron chi connectivity index (χ2n) is 11.3. The van der Waals surface area contributed by atoms with Crippen LogP contribution in [-0.4, -0.2) is 87.1 Å². The minimum atomic E-state index is -2.77. The summed E-state index contributed by atoms with van der Waals surface area (Å²) in [5, 5.41) is 11.7. The number of piperazine rings is 1. The van der Waals surface area contributed by atoms with Crippen LogP contribution in [0.25, 0.3) is 22.2 Å². The second-order valence-corrected chi connectivity index (χ2v) is 15.3. The summed E-state index contributed by atoms with van der Waals surface area (Å²) in [7, 11) is 0.725. The van der Waals surface area contributed by atoms with Gasteiger partial charge in [0, 0.05) is 87.8 Å². The summed E-state index contributed by atoms with van der Waals surface area (Å²) in [4.78, 5) is 34.2. The van der Waals surface area contributed by atoms with E-state index in [1.165, 1.54) is 0 Å². The first-order chi connectivity index (χ1) is 22.0. The van der Waals surface area contributed by atoms with Crippen molar-refractivity contribution in [1.29, 1.82) is 0 Å². The Morgan fingerprint density at radius 2 is 1.76 bits per heavy atom. The summed E-state index contributed by atoms with van der Waals surface area (Å²) >= 11 is 3.56. The van der Waals surface area contributed by atoms with Crippen LogP contribution >= 0.6 is 23.1 Å². The molecule has 0 saturated carbocycles. The Bertz CT molecular complexity index is 1990. The first kappa shape index (κ1) is 31.4. The number of aromatic nitrogens is 6. The van der Waals surface area contributed by atoms with Crippen molar-refractivity contribution in [3.63, 3.8) is 0 Å². The second kappa shape index (κ2) is 12.7. The molecule has 0 atom stereocenters. The number of hydrogen-bond donors (Lipinski definition) is 2. The Balaban J connectivity index is 1.36. The molecule has 1 saturated heterocycles. The molecule has 2 aromatic carbocycles. The molecule has 13 nitrogen and oxygen atoms in total. The number of methoxy groups -OCH3 is 1. The summed E-state index contributed by atoms with van der Waals surface area (Å²) in [5.74, 6) is 1.48. The SMILES string of the molecule is COc1cc(N2CCN(C(C)=O)CC2)c(-c2cnn(C)c2)cc1Nc1ncc(Br)c(Nc2ccc3nccnc3c2P(C)(C)=O)n1. The Morgan fingerprint density at radius 1 is 1.00 bits per heavy atom. The van der Waals surface area contributed by atoms with Crippen LogP contribution < -0.4 is 25.6 Å². The average molecular weight is 706 g/mol. The predicted octanol–water partition coefficient (Wildman–Crippen LogP) is 5.00. The summed E-state index contributed by atoms with van der Waals surface area (Å²) in [5.41, 5.74) is 5.40. The van der Waals surface area contributed by atoms with E-state index in [9.17, 15) is 9.36 Å². The minimum Gasteiger partial charge on any atom is -0.494 e. The van der Waals surface area contributed by atoms with Crippen LogP contribution in [0.15, 0.2) is 59.7 Å². The van der Waals surface area contributed by atoms with E-state index in [1.54, 1.807) is 50.6 Å². The van der Waals surface area contributed by atoms with Gasteiger partial charge in [0.25, 0.3) is 0 Å².